The number of hydrogen-bond donors (Lipinski definition) is 1. The highest BCUT2D eigenvalue weighted by Gasteiger charge is 2.34. The standard InChI is InChI=1S/C22H28N6O3S/c1-14-10-19(24-21(30)15-11-20(29)27(13-15)9-5-8-26(2)3)28(25-14)22-23-17-7-6-16(31-4)12-18(17)32-22/h6-7,10,12,15H,5,8-9,11,13H2,1-4H3,(H,24,30). The quantitative estimate of drug-likeness (QED) is 0.560. The number of aromatic nitrogens is 3. The van der Waals surface area contributed by atoms with Crippen LogP contribution in [0.4, 0.5) is 5.82 Å². The van der Waals surface area contributed by atoms with E-state index in [-0.39, 0.29) is 24.2 Å². The van der Waals surface area contributed by atoms with E-state index in [1.807, 2.05) is 45.3 Å². The Morgan fingerprint density at radius 1 is 1.34 bits per heavy atom. The number of rotatable bonds is 8. The second-order valence-electron chi connectivity index (χ2n) is 8.30. The summed E-state index contributed by atoms with van der Waals surface area (Å²) in [6.45, 7) is 3.90. The minimum atomic E-state index is -0.370. The summed E-state index contributed by atoms with van der Waals surface area (Å²) < 4.78 is 7.91. The molecule has 1 fully saturated rings. The number of aryl methyl sites for hydroxylation is 1. The summed E-state index contributed by atoms with van der Waals surface area (Å²) in [5.41, 5.74) is 1.61. The molecule has 1 saturated heterocycles. The van der Waals surface area contributed by atoms with Crippen LogP contribution in [-0.2, 0) is 9.59 Å². The second-order valence-corrected chi connectivity index (χ2v) is 9.31. The predicted octanol–water partition coefficient (Wildman–Crippen LogP) is 2.54. The number of amides is 2. The molecular weight excluding hydrogens is 428 g/mol. The van der Waals surface area contributed by atoms with Crippen LogP contribution < -0.4 is 10.1 Å². The van der Waals surface area contributed by atoms with Gasteiger partial charge in [0.2, 0.25) is 16.9 Å². The first-order valence-electron chi connectivity index (χ1n) is 10.6. The summed E-state index contributed by atoms with van der Waals surface area (Å²) in [7, 11) is 5.65. The van der Waals surface area contributed by atoms with Crippen molar-refractivity contribution in [2.24, 2.45) is 5.92 Å². The number of nitrogens with zero attached hydrogens (tertiary/aromatic N) is 5. The van der Waals surface area contributed by atoms with Crippen LogP contribution in [0.1, 0.15) is 18.5 Å². The molecule has 170 valence electrons. The van der Waals surface area contributed by atoms with E-state index in [0.717, 1.165) is 34.6 Å². The van der Waals surface area contributed by atoms with Crippen molar-refractivity contribution in [2.75, 3.05) is 46.2 Å². The summed E-state index contributed by atoms with van der Waals surface area (Å²) in [6.07, 6.45) is 1.13. The van der Waals surface area contributed by atoms with E-state index >= 15 is 0 Å². The molecule has 3 aromatic rings. The largest absolute Gasteiger partial charge is 0.497 e. The van der Waals surface area contributed by atoms with Crippen molar-refractivity contribution in [3.63, 3.8) is 0 Å². The van der Waals surface area contributed by atoms with Gasteiger partial charge in [-0.3, -0.25) is 9.59 Å². The van der Waals surface area contributed by atoms with Gasteiger partial charge in [0.1, 0.15) is 11.6 Å². The third-order valence-corrected chi connectivity index (χ3v) is 6.46. The Morgan fingerprint density at radius 2 is 2.16 bits per heavy atom. The maximum absolute atomic E-state index is 13.0. The van der Waals surface area contributed by atoms with Gasteiger partial charge in [-0.1, -0.05) is 11.3 Å². The van der Waals surface area contributed by atoms with Gasteiger partial charge in [-0.2, -0.15) is 9.78 Å². The molecule has 1 aromatic carbocycles. The van der Waals surface area contributed by atoms with E-state index < -0.39 is 0 Å². The van der Waals surface area contributed by atoms with Crippen LogP contribution in [0.2, 0.25) is 0 Å². The number of ether oxygens (including phenoxy) is 1. The van der Waals surface area contributed by atoms with E-state index in [4.69, 9.17) is 4.74 Å². The molecule has 1 unspecified atom stereocenters. The SMILES string of the molecule is COc1ccc2nc(-n3nc(C)cc3NC(=O)C3CC(=O)N(CCCN(C)C)C3)sc2c1. The van der Waals surface area contributed by atoms with Gasteiger partial charge in [-0.05, 0) is 52.2 Å². The van der Waals surface area contributed by atoms with Gasteiger partial charge in [0, 0.05) is 25.6 Å². The normalized spacial score (nSPS) is 16.3. The number of benzene rings is 1. The van der Waals surface area contributed by atoms with Crippen LogP contribution in [-0.4, -0.2) is 77.2 Å². The number of likely N-dealkylation sites (tertiary alicyclic amines) is 1. The second kappa shape index (κ2) is 9.25. The topological polar surface area (TPSA) is 92.6 Å². The molecule has 0 aliphatic carbocycles. The van der Waals surface area contributed by atoms with E-state index in [2.05, 4.69) is 20.3 Å². The molecule has 0 spiro atoms. The first-order valence-corrected chi connectivity index (χ1v) is 11.4. The lowest BCUT2D eigenvalue weighted by atomic mass is 10.1. The maximum Gasteiger partial charge on any atom is 0.230 e. The molecule has 1 N–H and O–H groups in total. The zero-order valence-corrected chi connectivity index (χ0v) is 19.6. The molecule has 1 aliphatic rings. The number of methoxy groups -OCH3 is 1. The fourth-order valence-electron chi connectivity index (χ4n) is 3.81. The first-order chi connectivity index (χ1) is 15.3. The van der Waals surface area contributed by atoms with E-state index in [1.54, 1.807) is 16.7 Å². The zero-order chi connectivity index (χ0) is 22.8. The Kier molecular flexibility index (Phi) is 6.43. The predicted molar refractivity (Wildman–Crippen MR) is 125 cm³/mol. The highest BCUT2D eigenvalue weighted by atomic mass is 32.1. The number of hydrogen-bond acceptors (Lipinski definition) is 7. The van der Waals surface area contributed by atoms with E-state index in [9.17, 15) is 9.59 Å². The Labute approximate surface area is 191 Å². The Morgan fingerprint density at radius 3 is 2.91 bits per heavy atom. The Bertz CT molecular complexity index is 1140. The average molecular weight is 457 g/mol. The molecule has 0 bridgehead atoms. The molecule has 9 nitrogen and oxygen atoms in total. The Balaban J connectivity index is 1.48. The number of anilines is 1. The summed E-state index contributed by atoms with van der Waals surface area (Å²) in [5.74, 6) is 0.812. The first kappa shape index (κ1) is 22.2. The lowest BCUT2D eigenvalue weighted by Crippen LogP contribution is -2.30. The van der Waals surface area contributed by atoms with E-state index in [1.165, 1.54) is 11.3 Å². The third-order valence-electron chi connectivity index (χ3n) is 5.47. The van der Waals surface area contributed by atoms with Crippen LogP contribution in [0.25, 0.3) is 15.3 Å². The molecule has 10 heteroatoms. The van der Waals surface area contributed by atoms with Crippen LogP contribution in [0, 0.1) is 12.8 Å². The number of carbonyl (C=O) groups is 2. The summed E-state index contributed by atoms with van der Waals surface area (Å²) in [6, 6.07) is 7.51. The summed E-state index contributed by atoms with van der Waals surface area (Å²) in [4.78, 5) is 33.9. The lowest BCUT2D eigenvalue weighted by molar-refractivity contribution is -0.128. The van der Waals surface area contributed by atoms with Gasteiger partial charge < -0.3 is 19.9 Å². The smallest absolute Gasteiger partial charge is 0.230 e. The van der Waals surface area contributed by atoms with Gasteiger partial charge in [0.05, 0.1) is 28.9 Å². The van der Waals surface area contributed by atoms with Crippen molar-refractivity contribution in [1.29, 1.82) is 0 Å². The summed E-state index contributed by atoms with van der Waals surface area (Å²) in [5, 5.41) is 8.15. The maximum atomic E-state index is 13.0. The zero-order valence-electron chi connectivity index (χ0n) is 18.8. The number of carbonyl (C=O) groups excluding carboxylic acids is 2. The molecular formula is C22H28N6O3S. The number of fused-ring (bicyclic) bond motifs is 1. The van der Waals surface area contributed by atoms with Gasteiger partial charge in [-0.25, -0.2) is 4.98 Å². The molecule has 0 saturated carbocycles. The van der Waals surface area contributed by atoms with Crippen molar-refractivity contribution >= 4 is 39.2 Å². The summed E-state index contributed by atoms with van der Waals surface area (Å²) >= 11 is 1.47. The van der Waals surface area contributed by atoms with Crippen molar-refractivity contribution < 1.29 is 14.3 Å². The molecule has 2 amide bonds. The van der Waals surface area contributed by atoms with Crippen LogP contribution in [0.3, 0.4) is 0 Å². The van der Waals surface area contributed by atoms with Gasteiger partial charge in [-0.15, -0.1) is 0 Å². The lowest BCUT2D eigenvalue weighted by Gasteiger charge is -2.18. The number of thiazole rings is 1. The van der Waals surface area contributed by atoms with Crippen LogP contribution in [0.5, 0.6) is 5.75 Å². The van der Waals surface area contributed by atoms with E-state index in [0.29, 0.717) is 24.0 Å². The van der Waals surface area contributed by atoms with Gasteiger partial charge in [0.25, 0.3) is 0 Å². The third kappa shape index (κ3) is 4.76. The molecule has 2 aromatic heterocycles. The fourth-order valence-corrected chi connectivity index (χ4v) is 4.77. The monoisotopic (exact) mass is 456 g/mol. The Hall–Kier alpha value is -2.98. The van der Waals surface area contributed by atoms with Crippen molar-refractivity contribution in [1.82, 2.24) is 24.6 Å². The van der Waals surface area contributed by atoms with Gasteiger partial charge >= 0.3 is 0 Å². The highest BCUT2D eigenvalue weighted by Crippen LogP contribution is 2.30. The van der Waals surface area contributed by atoms with Gasteiger partial charge in [0.15, 0.2) is 0 Å². The molecule has 4 rings (SSSR count). The fraction of sp³-hybridized carbons (Fsp3) is 0.455. The molecule has 3 heterocycles. The van der Waals surface area contributed by atoms with Crippen molar-refractivity contribution in [3.05, 3.63) is 30.0 Å². The molecule has 32 heavy (non-hydrogen) atoms. The molecule has 1 aliphatic heterocycles. The molecule has 1 atom stereocenters. The van der Waals surface area contributed by atoms with Crippen molar-refractivity contribution in [3.8, 4) is 10.9 Å². The minimum Gasteiger partial charge on any atom is -0.497 e. The van der Waals surface area contributed by atoms with Crippen LogP contribution >= 0.6 is 11.3 Å². The number of nitrogens with one attached hydrogen (secondary N) is 1. The van der Waals surface area contributed by atoms with Crippen LogP contribution in [0.15, 0.2) is 24.3 Å². The average Bonchev–Trinajstić information content (AvgIpc) is 3.43. The highest BCUT2D eigenvalue weighted by molar-refractivity contribution is 7.20. The minimum absolute atomic E-state index is 0.0358. The molecule has 0 radical (unpaired) electrons. The van der Waals surface area contributed by atoms with Crippen molar-refractivity contribution in [2.45, 2.75) is 19.8 Å².